The minimum Gasteiger partial charge on any atom is -0.495 e. The highest BCUT2D eigenvalue weighted by Gasteiger charge is 2.15. The summed E-state index contributed by atoms with van der Waals surface area (Å²) >= 11 is 1.64. The predicted octanol–water partition coefficient (Wildman–Crippen LogP) is 4.24. The summed E-state index contributed by atoms with van der Waals surface area (Å²) in [4.78, 5) is 3.54. The quantitative estimate of drug-likeness (QED) is 0.449. The lowest BCUT2D eigenvalue weighted by Crippen LogP contribution is -2.43. The topological polar surface area (TPSA) is 36.5 Å². The number of rotatable bonds is 7. The van der Waals surface area contributed by atoms with Gasteiger partial charge in [-0.2, -0.15) is 0 Å². The van der Waals surface area contributed by atoms with Crippen LogP contribution in [0.4, 0.5) is 10.1 Å². The van der Waals surface area contributed by atoms with Gasteiger partial charge < -0.3 is 15.0 Å². The van der Waals surface area contributed by atoms with Crippen molar-refractivity contribution >= 4 is 28.4 Å². The number of nitrogens with one attached hydrogen (secondary N) is 2. The molecule has 6 heteroatoms. The van der Waals surface area contributed by atoms with Gasteiger partial charge in [-0.05, 0) is 65.0 Å². The van der Waals surface area contributed by atoms with Gasteiger partial charge in [0.1, 0.15) is 11.6 Å². The molecule has 0 spiro atoms. The second kappa shape index (κ2) is 9.48. The molecular weight excluding hydrogens is 385 g/mol. The number of benzene rings is 3. The van der Waals surface area contributed by atoms with E-state index in [0.717, 1.165) is 61.4 Å². The molecule has 0 radical (unpaired) electrons. The Morgan fingerprint density at radius 2 is 1.97 bits per heavy atom. The van der Waals surface area contributed by atoms with Crippen LogP contribution in [-0.4, -0.2) is 39.8 Å². The van der Waals surface area contributed by atoms with Crippen molar-refractivity contribution in [1.82, 2.24) is 10.0 Å². The van der Waals surface area contributed by atoms with E-state index >= 15 is 0 Å². The second-order valence-electron chi connectivity index (χ2n) is 7.10. The van der Waals surface area contributed by atoms with E-state index in [1.807, 2.05) is 24.3 Å². The highest BCUT2D eigenvalue weighted by Crippen LogP contribution is 2.32. The van der Waals surface area contributed by atoms with E-state index < -0.39 is 0 Å². The third-order valence-corrected chi connectivity index (χ3v) is 6.07. The Hall–Kier alpha value is -2.28. The van der Waals surface area contributed by atoms with Crippen LogP contribution in [0, 0.1) is 5.82 Å². The smallest absolute Gasteiger partial charge is 0.142 e. The van der Waals surface area contributed by atoms with Gasteiger partial charge in [0, 0.05) is 37.6 Å². The molecule has 29 heavy (non-hydrogen) atoms. The number of methoxy groups -OCH3 is 1. The van der Waals surface area contributed by atoms with Gasteiger partial charge in [0.05, 0.1) is 12.8 Å². The molecule has 3 aromatic carbocycles. The third kappa shape index (κ3) is 4.83. The van der Waals surface area contributed by atoms with Gasteiger partial charge in [-0.15, -0.1) is 0 Å². The Bertz CT molecular complexity index is 975. The maximum absolute atomic E-state index is 13.5. The first-order chi connectivity index (χ1) is 14.2. The van der Waals surface area contributed by atoms with Crippen LogP contribution < -0.4 is 19.7 Å². The lowest BCUT2D eigenvalue weighted by molar-refractivity contribution is 0.412. The predicted molar refractivity (Wildman–Crippen MR) is 120 cm³/mol. The zero-order chi connectivity index (χ0) is 20.1. The van der Waals surface area contributed by atoms with Gasteiger partial charge >= 0.3 is 0 Å². The zero-order valence-corrected chi connectivity index (χ0v) is 17.4. The first kappa shape index (κ1) is 20.0. The molecule has 0 bridgehead atoms. The molecule has 4 nitrogen and oxygen atoms in total. The Balaban J connectivity index is 1.38. The Kier molecular flexibility index (Phi) is 6.54. The van der Waals surface area contributed by atoms with E-state index in [0.29, 0.717) is 0 Å². The Labute approximate surface area is 175 Å². The van der Waals surface area contributed by atoms with Crippen LogP contribution in [0.25, 0.3) is 10.8 Å². The number of halogens is 1. The zero-order valence-electron chi connectivity index (χ0n) is 16.6. The average Bonchev–Trinajstić information content (AvgIpc) is 2.77. The number of hydrogen-bond donors (Lipinski definition) is 2. The highest BCUT2D eigenvalue weighted by atomic mass is 32.2. The number of fused-ring (bicyclic) bond motifs is 1. The molecule has 1 aliphatic heterocycles. The van der Waals surface area contributed by atoms with Crippen molar-refractivity contribution in [3.05, 3.63) is 66.0 Å². The lowest BCUT2D eigenvalue weighted by atomic mass is 10.0. The summed E-state index contributed by atoms with van der Waals surface area (Å²) in [6, 6.07) is 17.4. The van der Waals surface area contributed by atoms with E-state index in [1.165, 1.54) is 16.5 Å². The van der Waals surface area contributed by atoms with Crippen molar-refractivity contribution in [2.45, 2.75) is 11.3 Å². The van der Waals surface area contributed by atoms with Crippen LogP contribution in [0.1, 0.15) is 5.56 Å². The molecule has 152 valence electrons. The van der Waals surface area contributed by atoms with E-state index in [9.17, 15) is 4.39 Å². The van der Waals surface area contributed by atoms with Gasteiger partial charge in [-0.25, -0.2) is 4.39 Å². The second-order valence-corrected chi connectivity index (χ2v) is 8.06. The Morgan fingerprint density at radius 1 is 1.10 bits per heavy atom. The van der Waals surface area contributed by atoms with Crippen LogP contribution >= 0.6 is 11.9 Å². The minimum atomic E-state index is -0.192. The van der Waals surface area contributed by atoms with E-state index in [-0.39, 0.29) is 5.82 Å². The van der Waals surface area contributed by atoms with E-state index in [4.69, 9.17) is 4.74 Å². The molecule has 1 heterocycles. The first-order valence-electron chi connectivity index (χ1n) is 9.95. The normalized spacial score (nSPS) is 14.3. The summed E-state index contributed by atoms with van der Waals surface area (Å²) in [6.07, 6.45) is 0.886. The third-order valence-electron chi connectivity index (χ3n) is 5.23. The molecule has 0 aromatic heterocycles. The molecule has 4 rings (SSSR count). The van der Waals surface area contributed by atoms with Crippen molar-refractivity contribution < 1.29 is 9.13 Å². The molecule has 1 fully saturated rings. The largest absolute Gasteiger partial charge is 0.495 e. The summed E-state index contributed by atoms with van der Waals surface area (Å²) < 4.78 is 22.5. The van der Waals surface area contributed by atoms with Crippen molar-refractivity contribution in [2.24, 2.45) is 0 Å². The molecule has 0 aliphatic carbocycles. The highest BCUT2D eigenvalue weighted by molar-refractivity contribution is 7.97. The van der Waals surface area contributed by atoms with Crippen LogP contribution in [0.2, 0.25) is 0 Å². The van der Waals surface area contributed by atoms with Crippen molar-refractivity contribution in [3.63, 3.8) is 0 Å². The molecule has 2 N–H and O–H groups in total. The molecule has 0 unspecified atom stereocenters. The summed E-state index contributed by atoms with van der Waals surface area (Å²) in [5.41, 5.74) is 2.38. The monoisotopic (exact) mass is 411 g/mol. The molecule has 0 saturated carbocycles. The number of hydrogen-bond acceptors (Lipinski definition) is 5. The van der Waals surface area contributed by atoms with Crippen molar-refractivity contribution in [3.8, 4) is 5.75 Å². The van der Waals surface area contributed by atoms with E-state index in [1.54, 1.807) is 25.1 Å². The average molecular weight is 412 g/mol. The molecule has 0 amide bonds. The van der Waals surface area contributed by atoms with Crippen LogP contribution in [0.3, 0.4) is 0 Å². The van der Waals surface area contributed by atoms with Crippen LogP contribution in [0.15, 0.2) is 59.5 Å². The maximum atomic E-state index is 13.5. The van der Waals surface area contributed by atoms with Crippen molar-refractivity contribution in [1.29, 1.82) is 0 Å². The Morgan fingerprint density at radius 3 is 2.79 bits per heavy atom. The fourth-order valence-corrected chi connectivity index (χ4v) is 4.42. The SMILES string of the molecule is COc1ccc(SNCCc2cccc3cc(F)ccc23)cc1N1CCNCC1. The van der Waals surface area contributed by atoms with Crippen molar-refractivity contribution in [2.75, 3.05) is 44.7 Å². The summed E-state index contributed by atoms with van der Waals surface area (Å²) in [5, 5.41) is 5.46. The van der Waals surface area contributed by atoms with Gasteiger partial charge in [-0.1, -0.05) is 24.3 Å². The summed E-state index contributed by atoms with van der Waals surface area (Å²) in [6.45, 7) is 4.79. The maximum Gasteiger partial charge on any atom is 0.142 e. The summed E-state index contributed by atoms with van der Waals surface area (Å²) in [7, 11) is 1.72. The number of anilines is 1. The fraction of sp³-hybridized carbons (Fsp3) is 0.304. The standard InChI is InChI=1S/C23H26FN3OS/c1-28-23-8-6-20(16-22(23)27-13-11-25-12-14-27)29-26-10-9-17-3-2-4-18-15-19(24)5-7-21(17)18/h2-8,15-16,25-26H,9-14H2,1H3. The number of ether oxygens (including phenoxy) is 1. The van der Waals surface area contributed by atoms with Gasteiger partial charge in [-0.3, -0.25) is 4.72 Å². The molecular formula is C23H26FN3OS. The van der Waals surface area contributed by atoms with Gasteiger partial charge in [0.25, 0.3) is 0 Å². The number of nitrogens with zero attached hydrogens (tertiary/aromatic N) is 1. The first-order valence-corrected chi connectivity index (χ1v) is 10.8. The molecule has 3 aromatic rings. The minimum absolute atomic E-state index is 0.192. The lowest BCUT2D eigenvalue weighted by Gasteiger charge is -2.30. The molecule has 1 saturated heterocycles. The van der Waals surface area contributed by atoms with Crippen LogP contribution in [0.5, 0.6) is 5.75 Å². The summed E-state index contributed by atoms with van der Waals surface area (Å²) in [5.74, 6) is 0.724. The number of piperazine rings is 1. The molecule has 1 aliphatic rings. The van der Waals surface area contributed by atoms with Gasteiger partial charge in [0.2, 0.25) is 0 Å². The van der Waals surface area contributed by atoms with E-state index in [2.05, 4.69) is 33.1 Å². The van der Waals surface area contributed by atoms with Gasteiger partial charge in [0.15, 0.2) is 0 Å². The molecule has 0 atom stereocenters. The van der Waals surface area contributed by atoms with Crippen LogP contribution in [-0.2, 0) is 6.42 Å². The fourth-order valence-electron chi connectivity index (χ4n) is 3.75.